The predicted molar refractivity (Wildman–Crippen MR) is 69.0 cm³/mol. The van der Waals surface area contributed by atoms with Crippen LogP contribution in [0.25, 0.3) is 0 Å². The van der Waals surface area contributed by atoms with Crippen molar-refractivity contribution in [3.8, 4) is 0 Å². The summed E-state index contributed by atoms with van der Waals surface area (Å²) in [4.78, 5) is 26.2. The van der Waals surface area contributed by atoms with Gasteiger partial charge in [0.2, 0.25) is 11.8 Å². The van der Waals surface area contributed by atoms with E-state index in [1.807, 2.05) is 6.92 Å². The average Bonchev–Trinajstić information content (AvgIpc) is 2.42. The van der Waals surface area contributed by atoms with Crippen LogP contribution in [-0.4, -0.2) is 48.9 Å². The van der Waals surface area contributed by atoms with Gasteiger partial charge in [0.1, 0.15) is 6.04 Å². The summed E-state index contributed by atoms with van der Waals surface area (Å²) in [7, 11) is 0. The maximum Gasteiger partial charge on any atom is 0.242 e. The average molecular weight is 253 g/mol. The molecule has 2 saturated heterocycles. The summed E-state index contributed by atoms with van der Waals surface area (Å²) in [6, 6.07) is -0.329. The van der Waals surface area contributed by atoms with E-state index in [0.29, 0.717) is 13.1 Å². The van der Waals surface area contributed by atoms with Crippen LogP contribution >= 0.6 is 0 Å². The van der Waals surface area contributed by atoms with Crippen molar-refractivity contribution in [1.82, 2.24) is 15.5 Å². The highest BCUT2D eigenvalue weighted by molar-refractivity contribution is 5.91. The molecule has 5 heteroatoms. The van der Waals surface area contributed by atoms with E-state index in [2.05, 4.69) is 17.6 Å². The summed E-state index contributed by atoms with van der Waals surface area (Å²) in [5.74, 6) is 0.142. The molecule has 0 aromatic heterocycles. The zero-order chi connectivity index (χ0) is 13.2. The number of nitrogens with one attached hydrogen (secondary N) is 2. The Kier molecular flexibility index (Phi) is 3.90. The van der Waals surface area contributed by atoms with Crippen LogP contribution in [0.15, 0.2) is 0 Å². The molecule has 2 N–H and O–H groups in total. The fourth-order valence-electron chi connectivity index (χ4n) is 2.99. The molecule has 2 aliphatic rings. The fraction of sp³-hybridized carbons (Fsp3) is 0.846. The van der Waals surface area contributed by atoms with Crippen LogP contribution in [0, 0.1) is 5.41 Å². The smallest absolute Gasteiger partial charge is 0.242 e. The van der Waals surface area contributed by atoms with Gasteiger partial charge < -0.3 is 15.5 Å². The van der Waals surface area contributed by atoms with Crippen LogP contribution in [-0.2, 0) is 9.59 Å². The van der Waals surface area contributed by atoms with E-state index in [4.69, 9.17) is 0 Å². The van der Waals surface area contributed by atoms with Crippen molar-refractivity contribution in [3.05, 3.63) is 0 Å². The number of rotatable bonds is 2. The van der Waals surface area contributed by atoms with Crippen LogP contribution in [0.2, 0.25) is 0 Å². The molecule has 18 heavy (non-hydrogen) atoms. The predicted octanol–water partition coefficient (Wildman–Crippen LogP) is 0.113. The lowest BCUT2D eigenvalue weighted by molar-refractivity contribution is -0.152. The van der Waals surface area contributed by atoms with E-state index in [9.17, 15) is 9.59 Å². The van der Waals surface area contributed by atoms with Crippen LogP contribution in [0.5, 0.6) is 0 Å². The second-order valence-corrected chi connectivity index (χ2v) is 5.35. The molecule has 2 heterocycles. The lowest BCUT2D eigenvalue weighted by atomic mass is 9.75. The first-order valence-corrected chi connectivity index (χ1v) is 6.90. The number of hydrogen-bond acceptors (Lipinski definition) is 3. The van der Waals surface area contributed by atoms with Gasteiger partial charge in [0.05, 0.1) is 5.41 Å². The number of piperidine rings is 1. The molecule has 2 fully saturated rings. The maximum absolute atomic E-state index is 12.8. The zero-order valence-electron chi connectivity index (χ0n) is 11.3. The molecule has 0 spiro atoms. The topological polar surface area (TPSA) is 61.4 Å². The first-order valence-electron chi connectivity index (χ1n) is 6.90. The summed E-state index contributed by atoms with van der Waals surface area (Å²) >= 11 is 0. The van der Waals surface area contributed by atoms with Gasteiger partial charge in [0.15, 0.2) is 0 Å². The summed E-state index contributed by atoms with van der Waals surface area (Å²) in [6.07, 6.45) is 2.62. The largest absolute Gasteiger partial charge is 0.353 e. The van der Waals surface area contributed by atoms with E-state index < -0.39 is 0 Å². The SMILES string of the molecule is CCC1(C(=O)N2CCNC(=O)C2C)CCNCC1. The number of hydrogen-bond donors (Lipinski definition) is 2. The highest BCUT2D eigenvalue weighted by Gasteiger charge is 2.43. The standard InChI is InChI=1S/C13H23N3O2/c1-3-13(4-6-14-7-5-13)12(18)16-9-8-15-11(17)10(16)2/h10,14H,3-9H2,1-2H3,(H,15,17). The van der Waals surface area contributed by atoms with E-state index in [1.165, 1.54) is 0 Å². The third kappa shape index (κ3) is 2.23. The van der Waals surface area contributed by atoms with Crippen molar-refractivity contribution in [2.45, 2.75) is 39.2 Å². The maximum atomic E-state index is 12.8. The zero-order valence-corrected chi connectivity index (χ0v) is 11.3. The Hall–Kier alpha value is -1.10. The first-order chi connectivity index (χ1) is 8.60. The highest BCUT2D eigenvalue weighted by atomic mass is 16.2. The Balaban J connectivity index is 2.15. The molecule has 102 valence electrons. The minimum atomic E-state index is -0.329. The van der Waals surface area contributed by atoms with Gasteiger partial charge in [-0.05, 0) is 39.3 Å². The van der Waals surface area contributed by atoms with E-state index in [0.717, 1.165) is 32.4 Å². The lowest BCUT2D eigenvalue weighted by Gasteiger charge is -2.42. The number of piperazine rings is 1. The Labute approximate surface area is 108 Å². The highest BCUT2D eigenvalue weighted by Crippen LogP contribution is 2.35. The van der Waals surface area contributed by atoms with Gasteiger partial charge in [-0.2, -0.15) is 0 Å². The molecule has 0 aromatic carbocycles. The lowest BCUT2D eigenvalue weighted by Crippen LogP contribution is -2.60. The van der Waals surface area contributed by atoms with E-state index in [-0.39, 0.29) is 23.3 Å². The van der Waals surface area contributed by atoms with Crippen molar-refractivity contribution in [3.63, 3.8) is 0 Å². The van der Waals surface area contributed by atoms with Crippen LogP contribution in [0.3, 0.4) is 0 Å². The molecular formula is C13H23N3O2. The van der Waals surface area contributed by atoms with Gasteiger partial charge in [0.25, 0.3) is 0 Å². The summed E-state index contributed by atoms with van der Waals surface area (Å²) in [5.41, 5.74) is -0.253. The summed E-state index contributed by atoms with van der Waals surface area (Å²) in [6.45, 7) is 6.91. The Morgan fingerprint density at radius 2 is 2.06 bits per heavy atom. The van der Waals surface area contributed by atoms with Crippen molar-refractivity contribution in [2.24, 2.45) is 5.41 Å². The molecule has 1 atom stereocenters. The number of carbonyl (C=O) groups excluding carboxylic acids is 2. The molecule has 2 rings (SSSR count). The van der Waals surface area contributed by atoms with Gasteiger partial charge in [-0.15, -0.1) is 0 Å². The molecule has 2 aliphatic heterocycles. The van der Waals surface area contributed by atoms with Gasteiger partial charge in [-0.1, -0.05) is 6.92 Å². The molecule has 2 amide bonds. The molecule has 1 unspecified atom stereocenters. The normalized spacial score (nSPS) is 27.8. The molecular weight excluding hydrogens is 230 g/mol. The molecule has 5 nitrogen and oxygen atoms in total. The molecule has 0 radical (unpaired) electrons. The number of carbonyl (C=O) groups is 2. The fourth-order valence-corrected chi connectivity index (χ4v) is 2.99. The number of nitrogens with zero attached hydrogens (tertiary/aromatic N) is 1. The van der Waals surface area contributed by atoms with Gasteiger partial charge in [0, 0.05) is 13.1 Å². The van der Waals surface area contributed by atoms with Crippen molar-refractivity contribution < 1.29 is 9.59 Å². The molecule has 0 aliphatic carbocycles. The van der Waals surface area contributed by atoms with Gasteiger partial charge in [-0.3, -0.25) is 9.59 Å². The Morgan fingerprint density at radius 3 is 2.67 bits per heavy atom. The van der Waals surface area contributed by atoms with Crippen molar-refractivity contribution in [1.29, 1.82) is 0 Å². The molecule has 0 saturated carbocycles. The minimum absolute atomic E-state index is 0.0326. The van der Waals surface area contributed by atoms with Crippen LogP contribution in [0.4, 0.5) is 0 Å². The Bertz CT molecular complexity index is 337. The quantitative estimate of drug-likeness (QED) is 0.734. The molecule has 0 aromatic rings. The van der Waals surface area contributed by atoms with E-state index >= 15 is 0 Å². The monoisotopic (exact) mass is 253 g/mol. The van der Waals surface area contributed by atoms with Gasteiger partial charge in [-0.25, -0.2) is 0 Å². The molecule has 0 bridgehead atoms. The van der Waals surface area contributed by atoms with E-state index in [1.54, 1.807) is 4.90 Å². The second-order valence-electron chi connectivity index (χ2n) is 5.35. The van der Waals surface area contributed by atoms with Crippen LogP contribution < -0.4 is 10.6 Å². The summed E-state index contributed by atoms with van der Waals surface area (Å²) in [5, 5.41) is 6.11. The van der Waals surface area contributed by atoms with Crippen molar-refractivity contribution in [2.75, 3.05) is 26.2 Å². The summed E-state index contributed by atoms with van der Waals surface area (Å²) < 4.78 is 0. The van der Waals surface area contributed by atoms with Crippen molar-refractivity contribution >= 4 is 11.8 Å². The number of amides is 2. The second kappa shape index (κ2) is 5.26. The van der Waals surface area contributed by atoms with Crippen LogP contribution in [0.1, 0.15) is 33.1 Å². The van der Waals surface area contributed by atoms with Gasteiger partial charge >= 0.3 is 0 Å². The third-order valence-corrected chi connectivity index (χ3v) is 4.45. The minimum Gasteiger partial charge on any atom is -0.353 e. The Morgan fingerprint density at radius 1 is 1.39 bits per heavy atom. The first kappa shape index (κ1) is 13.3. The third-order valence-electron chi connectivity index (χ3n) is 4.45.